The maximum absolute atomic E-state index is 15.0. The Hall–Kier alpha value is -3.27. The Balaban J connectivity index is 1.45. The van der Waals surface area contributed by atoms with Gasteiger partial charge in [-0.3, -0.25) is 0 Å². The van der Waals surface area contributed by atoms with Gasteiger partial charge in [0.15, 0.2) is 11.6 Å². The van der Waals surface area contributed by atoms with Gasteiger partial charge in [-0.2, -0.15) is 4.39 Å². The molecule has 1 unspecified atom stereocenters. The van der Waals surface area contributed by atoms with Crippen LogP contribution in [0.15, 0.2) is 73.3 Å². The van der Waals surface area contributed by atoms with Gasteiger partial charge in [0.05, 0.1) is 6.61 Å². The van der Waals surface area contributed by atoms with Gasteiger partial charge in [-0.05, 0) is 72.1 Å². The van der Waals surface area contributed by atoms with E-state index in [9.17, 15) is 8.78 Å². The third-order valence-electron chi connectivity index (χ3n) is 7.18. The molecular weight excluding hydrogens is 469 g/mol. The molecule has 1 atom stereocenters. The summed E-state index contributed by atoms with van der Waals surface area (Å²) in [7, 11) is 0. The van der Waals surface area contributed by atoms with Crippen molar-refractivity contribution in [1.82, 2.24) is 0 Å². The molecule has 0 N–H and O–H groups in total. The maximum atomic E-state index is 15.0. The summed E-state index contributed by atoms with van der Waals surface area (Å²) in [6.45, 7) is 6.38. The fourth-order valence-corrected chi connectivity index (χ4v) is 4.86. The SMILES string of the molecule is C=CC1CC=C(c2ccc(-c3ccc(-c4ccc(OCCCCCCC)c(F)c4F)cc3)c(F)c2)CC1. The molecule has 1 nitrogen and oxygen atoms in total. The minimum Gasteiger partial charge on any atom is -0.490 e. The molecule has 1 aliphatic carbocycles. The molecule has 0 amide bonds. The zero-order valence-corrected chi connectivity index (χ0v) is 21.5. The van der Waals surface area contributed by atoms with Crippen molar-refractivity contribution in [3.05, 3.63) is 96.3 Å². The number of unbranched alkanes of at least 4 members (excludes halogenated alkanes) is 4. The molecule has 0 heterocycles. The second kappa shape index (κ2) is 12.8. The number of hydrogen-bond acceptors (Lipinski definition) is 1. The number of hydrogen-bond donors (Lipinski definition) is 0. The summed E-state index contributed by atoms with van der Waals surface area (Å²) in [6, 6.07) is 15.2. The van der Waals surface area contributed by atoms with Crippen LogP contribution in [-0.2, 0) is 0 Å². The van der Waals surface area contributed by atoms with Crippen LogP contribution in [0.1, 0.15) is 63.9 Å². The highest BCUT2D eigenvalue weighted by Crippen LogP contribution is 2.35. The first kappa shape index (κ1) is 26.8. The Morgan fingerprint density at radius 3 is 2.16 bits per heavy atom. The van der Waals surface area contributed by atoms with Gasteiger partial charge in [0.1, 0.15) is 5.82 Å². The van der Waals surface area contributed by atoms with Gasteiger partial charge in [-0.1, -0.05) is 81.2 Å². The van der Waals surface area contributed by atoms with Crippen LogP contribution in [0.2, 0.25) is 0 Å². The average Bonchev–Trinajstić information content (AvgIpc) is 2.93. The summed E-state index contributed by atoms with van der Waals surface area (Å²) in [5, 5.41) is 0. The highest BCUT2D eigenvalue weighted by atomic mass is 19.2. The fourth-order valence-electron chi connectivity index (χ4n) is 4.86. The van der Waals surface area contributed by atoms with E-state index in [-0.39, 0.29) is 17.1 Å². The van der Waals surface area contributed by atoms with Gasteiger partial charge in [0.2, 0.25) is 5.82 Å². The second-order valence-electron chi connectivity index (χ2n) is 9.77. The molecule has 0 spiro atoms. The standard InChI is InChI=1S/C33H35F3O/c1-3-5-6-7-8-21-37-31-20-19-29(32(35)33(31)36)26-15-13-25(14-16-26)28-18-17-27(22-30(28)34)24-11-9-23(4-2)10-12-24/h4,11,13-20,22-23H,2-3,5-10,12,21H2,1H3. The van der Waals surface area contributed by atoms with Crippen LogP contribution in [0.3, 0.4) is 0 Å². The van der Waals surface area contributed by atoms with Crippen LogP contribution >= 0.6 is 0 Å². The third kappa shape index (κ3) is 6.54. The van der Waals surface area contributed by atoms with Crippen molar-refractivity contribution in [2.45, 2.75) is 58.3 Å². The monoisotopic (exact) mass is 504 g/mol. The molecule has 3 aromatic rings. The van der Waals surface area contributed by atoms with Gasteiger partial charge in [-0.15, -0.1) is 6.58 Å². The van der Waals surface area contributed by atoms with E-state index in [1.54, 1.807) is 36.4 Å². The fraction of sp³-hybridized carbons (Fsp3) is 0.333. The predicted molar refractivity (Wildman–Crippen MR) is 147 cm³/mol. The van der Waals surface area contributed by atoms with E-state index in [1.807, 2.05) is 12.1 Å². The van der Waals surface area contributed by atoms with E-state index in [0.29, 0.717) is 29.2 Å². The smallest absolute Gasteiger partial charge is 0.201 e. The number of halogens is 3. The summed E-state index contributed by atoms with van der Waals surface area (Å²) in [5.74, 6) is -1.79. The van der Waals surface area contributed by atoms with Gasteiger partial charge in [0.25, 0.3) is 0 Å². The first-order chi connectivity index (χ1) is 18.0. The predicted octanol–water partition coefficient (Wildman–Crippen LogP) is 10.2. The van der Waals surface area contributed by atoms with Crippen LogP contribution < -0.4 is 4.74 Å². The van der Waals surface area contributed by atoms with Crippen LogP contribution in [0, 0.1) is 23.4 Å². The van der Waals surface area contributed by atoms with Gasteiger partial charge in [-0.25, -0.2) is 8.78 Å². The second-order valence-corrected chi connectivity index (χ2v) is 9.77. The Labute approximate surface area is 218 Å². The summed E-state index contributed by atoms with van der Waals surface area (Å²) in [5.41, 5.74) is 3.90. The molecule has 0 saturated carbocycles. The largest absolute Gasteiger partial charge is 0.490 e. The summed E-state index contributed by atoms with van der Waals surface area (Å²) < 4.78 is 50.0. The highest BCUT2D eigenvalue weighted by molar-refractivity contribution is 5.74. The zero-order chi connectivity index (χ0) is 26.2. The Morgan fingerprint density at radius 2 is 1.51 bits per heavy atom. The Bertz CT molecular complexity index is 1240. The normalized spacial score (nSPS) is 15.4. The molecule has 4 heteroatoms. The molecule has 0 aliphatic heterocycles. The van der Waals surface area contributed by atoms with Crippen molar-refractivity contribution < 1.29 is 17.9 Å². The zero-order valence-electron chi connectivity index (χ0n) is 21.5. The first-order valence-electron chi connectivity index (χ1n) is 13.3. The molecule has 37 heavy (non-hydrogen) atoms. The average molecular weight is 505 g/mol. The molecule has 4 rings (SSSR count). The molecule has 194 valence electrons. The summed E-state index contributed by atoms with van der Waals surface area (Å²) in [4.78, 5) is 0. The number of allylic oxidation sites excluding steroid dienone is 3. The van der Waals surface area contributed by atoms with E-state index in [4.69, 9.17) is 4.74 Å². The highest BCUT2D eigenvalue weighted by Gasteiger charge is 2.17. The van der Waals surface area contributed by atoms with Crippen molar-refractivity contribution in [3.63, 3.8) is 0 Å². The first-order valence-corrected chi connectivity index (χ1v) is 13.3. The van der Waals surface area contributed by atoms with E-state index >= 15 is 4.39 Å². The Morgan fingerprint density at radius 1 is 0.838 bits per heavy atom. The van der Waals surface area contributed by atoms with Crippen LogP contribution in [0.25, 0.3) is 27.8 Å². The molecule has 0 bridgehead atoms. The lowest BCUT2D eigenvalue weighted by Gasteiger charge is -2.19. The van der Waals surface area contributed by atoms with E-state index in [2.05, 4.69) is 19.6 Å². The Kier molecular flexibility index (Phi) is 9.27. The van der Waals surface area contributed by atoms with Crippen LogP contribution in [0.5, 0.6) is 5.75 Å². The van der Waals surface area contributed by atoms with Gasteiger partial charge in [0, 0.05) is 11.1 Å². The molecule has 0 fully saturated rings. The quantitative estimate of drug-likeness (QED) is 0.186. The molecule has 0 saturated heterocycles. The molecule has 3 aromatic carbocycles. The van der Waals surface area contributed by atoms with Crippen molar-refractivity contribution in [2.75, 3.05) is 6.61 Å². The lowest BCUT2D eigenvalue weighted by Crippen LogP contribution is -2.02. The number of ether oxygens (including phenoxy) is 1. The van der Waals surface area contributed by atoms with E-state index in [1.165, 1.54) is 24.1 Å². The van der Waals surface area contributed by atoms with Crippen molar-refractivity contribution in [2.24, 2.45) is 5.92 Å². The molecule has 0 aromatic heterocycles. The summed E-state index contributed by atoms with van der Waals surface area (Å²) >= 11 is 0. The van der Waals surface area contributed by atoms with Crippen LogP contribution in [0.4, 0.5) is 13.2 Å². The molecule has 1 aliphatic rings. The molecular formula is C33H35F3O. The number of benzene rings is 3. The molecule has 0 radical (unpaired) electrons. The van der Waals surface area contributed by atoms with Crippen molar-refractivity contribution in [3.8, 4) is 28.0 Å². The van der Waals surface area contributed by atoms with Crippen LogP contribution in [-0.4, -0.2) is 6.61 Å². The lowest BCUT2D eigenvalue weighted by atomic mass is 9.86. The van der Waals surface area contributed by atoms with Gasteiger partial charge < -0.3 is 4.74 Å². The number of rotatable bonds is 11. The van der Waals surface area contributed by atoms with E-state index < -0.39 is 11.6 Å². The lowest BCUT2D eigenvalue weighted by molar-refractivity contribution is 0.285. The minimum absolute atomic E-state index is 0.0661. The van der Waals surface area contributed by atoms with Gasteiger partial charge >= 0.3 is 0 Å². The van der Waals surface area contributed by atoms with Crippen molar-refractivity contribution >= 4 is 5.57 Å². The topological polar surface area (TPSA) is 9.23 Å². The van der Waals surface area contributed by atoms with E-state index in [0.717, 1.165) is 50.5 Å². The third-order valence-corrected chi connectivity index (χ3v) is 7.18. The minimum atomic E-state index is -0.979. The summed E-state index contributed by atoms with van der Waals surface area (Å²) in [6.07, 6.45) is 12.3. The van der Waals surface area contributed by atoms with Crippen molar-refractivity contribution in [1.29, 1.82) is 0 Å². The maximum Gasteiger partial charge on any atom is 0.201 e.